The zero-order chi connectivity index (χ0) is 13.2. The topological polar surface area (TPSA) is 92.4 Å². The normalized spacial score (nSPS) is 10.1. The van der Waals surface area contributed by atoms with Gasteiger partial charge in [0.15, 0.2) is 0 Å². The van der Waals surface area contributed by atoms with E-state index in [-0.39, 0.29) is 21.3 Å². The summed E-state index contributed by atoms with van der Waals surface area (Å²) < 4.78 is 13.2. The first-order valence-electron chi connectivity index (χ1n) is 4.27. The maximum absolute atomic E-state index is 13.2. The van der Waals surface area contributed by atoms with Crippen LogP contribution in [0.2, 0.25) is 10.0 Å². The lowest BCUT2D eigenvalue weighted by atomic mass is 10.1. The van der Waals surface area contributed by atoms with Crippen molar-refractivity contribution in [3.05, 3.63) is 27.5 Å². The number of benzene rings is 1. The molecule has 17 heavy (non-hydrogen) atoms. The molecule has 0 fully saturated rings. The van der Waals surface area contributed by atoms with Gasteiger partial charge in [0.05, 0.1) is 16.3 Å². The first-order valence-corrected chi connectivity index (χ1v) is 5.03. The molecule has 5 nitrogen and oxygen atoms in total. The molecule has 0 aliphatic rings. The number of anilines is 1. The number of carbonyl (C=O) groups excluding carboxylic acids is 1. The highest BCUT2D eigenvalue weighted by Gasteiger charge is 2.18. The van der Waals surface area contributed by atoms with Crippen LogP contribution in [-0.2, 0) is 4.79 Å². The third kappa shape index (κ3) is 2.98. The summed E-state index contributed by atoms with van der Waals surface area (Å²) >= 11 is 11.2. The van der Waals surface area contributed by atoms with Crippen molar-refractivity contribution >= 4 is 40.8 Å². The van der Waals surface area contributed by atoms with Gasteiger partial charge in [0, 0.05) is 0 Å². The van der Waals surface area contributed by atoms with E-state index in [4.69, 9.17) is 34.0 Å². The van der Waals surface area contributed by atoms with Gasteiger partial charge in [-0.25, -0.2) is 4.39 Å². The largest absolute Gasteiger partial charge is 0.480 e. The number of nitrogens with two attached hydrogens (primary N) is 1. The zero-order valence-corrected chi connectivity index (χ0v) is 9.77. The zero-order valence-electron chi connectivity index (χ0n) is 8.26. The minimum Gasteiger partial charge on any atom is -0.480 e. The summed E-state index contributed by atoms with van der Waals surface area (Å²) in [6, 6.07) is 0.790. The van der Waals surface area contributed by atoms with Crippen LogP contribution in [0.3, 0.4) is 0 Å². The van der Waals surface area contributed by atoms with E-state index in [1.165, 1.54) is 0 Å². The average molecular weight is 281 g/mol. The second-order valence-electron chi connectivity index (χ2n) is 3.02. The van der Waals surface area contributed by atoms with Crippen LogP contribution in [0.5, 0.6) is 0 Å². The first kappa shape index (κ1) is 13.5. The SMILES string of the molecule is Nc1c(Cl)c(F)cc(C(=O)NCC(=O)O)c1Cl. The predicted octanol–water partition coefficient (Wildman–Crippen LogP) is 1.53. The second-order valence-corrected chi connectivity index (χ2v) is 3.78. The van der Waals surface area contributed by atoms with Gasteiger partial charge >= 0.3 is 5.97 Å². The number of nitrogen functional groups attached to an aromatic ring is 1. The van der Waals surface area contributed by atoms with Crippen molar-refractivity contribution in [1.29, 1.82) is 0 Å². The fourth-order valence-corrected chi connectivity index (χ4v) is 1.47. The molecule has 0 aliphatic heterocycles. The average Bonchev–Trinajstić information content (AvgIpc) is 2.28. The smallest absolute Gasteiger partial charge is 0.322 e. The molecular weight excluding hydrogens is 274 g/mol. The number of carboxylic acid groups (broad SMARTS) is 1. The highest BCUT2D eigenvalue weighted by molar-refractivity contribution is 6.40. The Labute approximate surface area is 105 Å². The molecule has 0 radical (unpaired) electrons. The third-order valence-corrected chi connectivity index (χ3v) is 2.63. The van der Waals surface area contributed by atoms with Gasteiger partial charge < -0.3 is 16.2 Å². The van der Waals surface area contributed by atoms with Crippen molar-refractivity contribution < 1.29 is 19.1 Å². The van der Waals surface area contributed by atoms with Gasteiger partial charge in [0.1, 0.15) is 17.4 Å². The van der Waals surface area contributed by atoms with Gasteiger partial charge in [-0.05, 0) is 6.07 Å². The van der Waals surface area contributed by atoms with Gasteiger partial charge in [0.2, 0.25) is 0 Å². The van der Waals surface area contributed by atoms with Crippen molar-refractivity contribution in [3.8, 4) is 0 Å². The van der Waals surface area contributed by atoms with Gasteiger partial charge in [-0.3, -0.25) is 9.59 Å². The van der Waals surface area contributed by atoms with Crippen LogP contribution in [0.25, 0.3) is 0 Å². The van der Waals surface area contributed by atoms with E-state index < -0.39 is 24.2 Å². The molecule has 0 aromatic heterocycles. The summed E-state index contributed by atoms with van der Waals surface area (Å²) in [4.78, 5) is 21.7. The van der Waals surface area contributed by atoms with Crippen molar-refractivity contribution in [3.63, 3.8) is 0 Å². The number of rotatable bonds is 3. The lowest BCUT2D eigenvalue weighted by molar-refractivity contribution is -0.135. The third-order valence-electron chi connectivity index (χ3n) is 1.83. The molecule has 0 bridgehead atoms. The Morgan fingerprint density at radius 3 is 2.53 bits per heavy atom. The molecule has 0 aliphatic carbocycles. The summed E-state index contributed by atoms with van der Waals surface area (Å²) in [6.45, 7) is -0.612. The van der Waals surface area contributed by atoms with E-state index in [1.807, 2.05) is 5.32 Å². The highest BCUT2D eigenvalue weighted by Crippen LogP contribution is 2.32. The van der Waals surface area contributed by atoms with Crippen molar-refractivity contribution in [2.24, 2.45) is 0 Å². The Morgan fingerprint density at radius 2 is 2.00 bits per heavy atom. The molecule has 92 valence electrons. The quantitative estimate of drug-likeness (QED) is 0.578. The summed E-state index contributed by atoms with van der Waals surface area (Å²) in [5.41, 5.74) is 4.84. The summed E-state index contributed by atoms with van der Waals surface area (Å²) in [7, 11) is 0. The Morgan fingerprint density at radius 1 is 1.41 bits per heavy atom. The highest BCUT2D eigenvalue weighted by atomic mass is 35.5. The van der Waals surface area contributed by atoms with E-state index in [9.17, 15) is 14.0 Å². The minimum atomic E-state index is -1.24. The Hall–Kier alpha value is -1.53. The van der Waals surface area contributed by atoms with E-state index in [2.05, 4.69) is 0 Å². The summed E-state index contributed by atoms with van der Waals surface area (Å²) in [6.07, 6.45) is 0. The predicted molar refractivity (Wildman–Crippen MR) is 60.8 cm³/mol. The molecule has 1 amide bonds. The van der Waals surface area contributed by atoms with Gasteiger partial charge in [-0.2, -0.15) is 0 Å². The van der Waals surface area contributed by atoms with Gasteiger partial charge in [0.25, 0.3) is 5.91 Å². The fraction of sp³-hybridized carbons (Fsp3) is 0.111. The second kappa shape index (κ2) is 5.20. The molecule has 0 spiro atoms. The molecular formula is C9H7Cl2FN2O3. The number of halogens is 3. The Balaban J connectivity index is 3.06. The Bertz CT molecular complexity index is 494. The number of hydrogen-bond donors (Lipinski definition) is 3. The number of carboxylic acids is 1. The van der Waals surface area contributed by atoms with Crippen molar-refractivity contribution in [1.82, 2.24) is 5.32 Å². The minimum absolute atomic E-state index is 0.223. The standard InChI is InChI=1S/C9H7Cl2FN2O3/c10-6-3(9(17)14-2-5(15)16)1-4(12)7(11)8(6)13/h1H,2,13H2,(H,14,17)(H,15,16). The first-order chi connectivity index (χ1) is 7.84. The maximum atomic E-state index is 13.2. The molecule has 0 heterocycles. The van der Waals surface area contributed by atoms with Crippen LogP contribution < -0.4 is 11.1 Å². The summed E-state index contributed by atoms with van der Waals surface area (Å²) in [5.74, 6) is -2.99. The Kier molecular flexibility index (Phi) is 4.14. The van der Waals surface area contributed by atoms with Crippen LogP contribution in [0, 0.1) is 5.82 Å². The van der Waals surface area contributed by atoms with Crippen LogP contribution in [0.4, 0.5) is 10.1 Å². The van der Waals surface area contributed by atoms with E-state index in [0.29, 0.717) is 0 Å². The fourth-order valence-electron chi connectivity index (χ4n) is 1.04. The number of amides is 1. The van der Waals surface area contributed by atoms with Gasteiger partial charge in [-0.1, -0.05) is 23.2 Å². The molecule has 0 saturated carbocycles. The molecule has 1 aromatic carbocycles. The maximum Gasteiger partial charge on any atom is 0.322 e. The van der Waals surface area contributed by atoms with Crippen LogP contribution in [0.1, 0.15) is 10.4 Å². The van der Waals surface area contributed by atoms with E-state index >= 15 is 0 Å². The van der Waals surface area contributed by atoms with Gasteiger partial charge in [-0.15, -0.1) is 0 Å². The lowest BCUT2D eigenvalue weighted by Crippen LogP contribution is -2.29. The van der Waals surface area contributed by atoms with Crippen LogP contribution in [0.15, 0.2) is 6.07 Å². The number of aliphatic carboxylic acids is 1. The number of nitrogens with one attached hydrogen (secondary N) is 1. The van der Waals surface area contributed by atoms with E-state index in [1.54, 1.807) is 0 Å². The molecule has 4 N–H and O–H groups in total. The molecule has 0 atom stereocenters. The molecule has 0 unspecified atom stereocenters. The lowest BCUT2D eigenvalue weighted by Gasteiger charge is -2.09. The van der Waals surface area contributed by atoms with E-state index in [0.717, 1.165) is 6.07 Å². The van der Waals surface area contributed by atoms with Crippen LogP contribution in [-0.4, -0.2) is 23.5 Å². The molecule has 1 aromatic rings. The van der Waals surface area contributed by atoms with Crippen molar-refractivity contribution in [2.75, 3.05) is 12.3 Å². The molecule has 0 saturated heterocycles. The van der Waals surface area contributed by atoms with Crippen molar-refractivity contribution in [2.45, 2.75) is 0 Å². The molecule has 1 rings (SSSR count). The summed E-state index contributed by atoms with van der Waals surface area (Å²) in [5, 5.41) is 9.78. The number of hydrogen-bond acceptors (Lipinski definition) is 3. The molecule has 8 heteroatoms. The monoisotopic (exact) mass is 280 g/mol. The number of carbonyl (C=O) groups is 2. The van der Waals surface area contributed by atoms with Crippen LogP contribution >= 0.6 is 23.2 Å².